The van der Waals surface area contributed by atoms with E-state index in [1.807, 2.05) is 12.1 Å². The summed E-state index contributed by atoms with van der Waals surface area (Å²) in [7, 11) is 0. The van der Waals surface area contributed by atoms with Gasteiger partial charge in [-0.25, -0.2) is 0 Å². The Balaban J connectivity index is 0.00000133. The molecule has 6 fully saturated rings. The average Bonchev–Trinajstić information content (AvgIpc) is 2.95. The number of benzene rings is 2. The fourth-order valence-corrected chi connectivity index (χ4v) is 7.73. The number of nitrogens with zero attached hydrogens (tertiary/aromatic N) is 3. The van der Waals surface area contributed by atoms with E-state index < -0.39 is 5.60 Å². The van der Waals surface area contributed by atoms with Crippen LogP contribution >= 0.6 is 37.2 Å². The van der Waals surface area contributed by atoms with Gasteiger partial charge in [-0.15, -0.1) is 37.2 Å². The van der Waals surface area contributed by atoms with Crippen LogP contribution in [-0.4, -0.2) is 78.2 Å². The van der Waals surface area contributed by atoms with E-state index in [-0.39, 0.29) is 37.2 Å². The van der Waals surface area contributed by atoms with Gasteiger partial charge in [-0.2, -0.15) is 0 Å². The van der Waals surface area contributed by atoms with E-state index in [0.717, 1.165) is 41.8 Å². The van der Waals surface area contributed by atoms with Crippen molar-refractivity contribution < 1.29 is 5.11 Å². The van der Waals surface area contributed by atoms with Crippen LogP contribution in [0.15, 0.2) is 60.7 Å². The molecule has 6 aliphatic heterocycles. The number of aliphatic hydroxyl groups is 1. The van der Waals surface area contributed by atoms with Crippen molar-refractivity contribution >= 4 is 37.2 Å². The highest BCUT2D eigenvalue weighted by atomic mass is 35.5. The van der Waals surface area contributed by atoms with Gasteiger partial charge in [0.25, 0.3) is 0 Å². The minimum atomic E-state index is -0.954. The quantitative estimate of drug-likeness (QED) is 0.411. The Morgan fingerprint density at radius 1 is 0.684 bits per heavy atom. The van der Waals surface area contributed by atoms with Gasteiger partial charge in [0.05, 0.1) is 0 Å². The first-order valence-electron chi connectivity index (χ1n) is 14.2. The molecule has 2 unspecified atom stereocenters. The predicted molar refractivity (Wildman–Crippen MR) is 164 cm³/mol. The highest BCUT2D eigenvalue weighted by Gasteiger charge is 2.40. The molecule has 4 bridgehead atoms. The summed E-state index contributed by atoms with van der Waals surface area (Å²) in [4.78, 5) is 8.20. The predicted octanol–water partition coefficient (Wildman–Crippen LogP) is 5.71. The first kappa shape index (κ1) is 31.7. The van der Waals surface area contributed by atoms with Gasteiger partial charge in [-0.3, -0.25) is 4.90 Å². The zero-order valence-electron chi connectivity index (χ0n) is 22.5. The first-order chi connectivity index (χ1) is 17.2. The van der Waals surface area contributed by atoms with E-state index in [1.165, 1.54) is 77.9 Å². The number of piperidine rings is 6. The molecule has 1 N–H and O–H groups in total. The third-order valence-electron chi connectivity index (χ3n) is 9.93. The number of hydrogen-bond acceptors (Lipinski definition) is 4. The topological polar surface area (TPSA) is 30.0 Å². The lowest BCUT2D eigenvalue weighted by atomic mass is 9.77. The Morgan fingerprint density at radius 2 is 1.18 bits per heavy atom. The Morgan fingerprint density at radius 3 is 1.63 bits per heavy atom. The SMILES string of the molecule is Cl.Cl.Cl.OC(CCN(CCC1CN2CCC1CC2)C1CN2CCC1CC2)(c1ccccc1)c1ccccc1. The summed E-state index contributed by atoms with van der Waals surface area (Å²) in [6, 6.07) is 21.3. The van der Waals surface area contributed by atoms with Gasteiger partial charge in [0.1, 0.15) is 5.60 Å². The zero-order chi connectivity index (χ0) is 23.7. The smallest absolute Gasteiger partial charge is 0.116 e. The zero-order valence-corrected chi connectivity index (χ0v) is 24.9. The standard InChI is InChI=1S/C31H43N3O.3ClH/c35-31(28-7-3-1-4-8-28,29-9-5-2-6-10-29)16-22-34(30-24-33-19-13-26(30)14-20-33)21-15-27-23-32-17-11-25(27)12-18-32;;;/h1-10,25-27,30,35H,11-24H2;3*1H. The summed E-state index contributed by atoms with van der Waals surface area (Å²) in [5.41, 5.74) is 1.07. The Kier molecular flexibility index (Phi) is 11.8. The van der Waals surface area contributed by atoms with Crippen LogP contribution in [-0.2, 0) is 5.60 Å². The number of halogens is 3. The van der Waals surface area contributed by atoms with Crippen molar-refractivity contribution in [3.8, 4) is 0 Å². The molecular formula is C31H46Cl3N3O. The monoisotopic (exact) mass is 581 g/mol. The molecule has 0 aromatic heterocycles. The van der Waals surface area contributed by atoms with E-state index in [4.69, 9.17) is 0 Å². The third kappa shape index (κ3) is 6.71. The Bertz CT molecular complexity index is 910. The molecule has 4 nitrogen and oxygen atoms in total. The summed E-state index contributed by atoms with van der Waals surface area (Å²) < 4.78 is 0. The second-order valence-corrected chi connectivity index (χ2v) is 11.8. The summed E-state index contributed by atoms with van der Waals surface area (Å²) in [5, 5.41) is 12.2. The molecule has 2 aromatic carbocycles. The van der Waals surface area contributed by atoms with Crippen LogP contribution in [0.5, 0.6) is 0 Å². The van der Waals surface area contributed by atoms with Crippen LogP contribution in [0.2, 0.25) is 0 Å². The molecule has 0 saturated carbocycles. The number of hydrogen-bond donors (Lipinski definition) is 1. The molecule has 6 saturated heterocycles. The normalized spacial score (nSPS) is 29.7. The Hall–Kier alpha value is -0.850. The molecule has 6 aliphatic rings. The van der Waals surface area contributed by atoms with Gasteiger partial charge >= 0.3 is 0 Å². The Labute approximate surface area is 248 Å². The maximum Gasteiger partial charge on any atom is 0.116 e. The summed E-state index contributed by atoms with van der Waals surface area (Å²) >= 11 is 0. The lowest BCUT2D eigenvalue weighted by molar-refractivity contribution is -0.0192. The largest absolute Gasteiger partial charge is 0.380 e. The molecule has 38 heavy (non-hydrogen) atoms. The van der Waals surface area contributed by atoms with Crippen molar-refractivity contribution in [2.75, 3.05) is 52.4 Å². The van der Waals surface area contributed by atoms with Crippen molar-refractivity contribution in [1.82, 2.24) is 14.7 Å². The van der Waals surface area contributed by atoms with Crippen molar-refractivity contribution in [2.24, 2.45) is 17.8 Å². The summed E-state index contributed by atoms with van der Waals surface area (Å²) in [6.07, 6.45) is 7.58. The molecule has 0 aliphatic carbocycles. The highest BCUT2D eigenvalue weighted by Crippen LogP contribution is 2.38. The van der Waals surface area contributed by atoms with E-state index in [0.29, 0.717) is 6.04 Å². The lowest BCUT2D eigenvalue weighted by Gasteiger charge is -2.50. The van der Waals surface area contributed by atoms with Crippen LogP contribution < -0.4 is 0 Å². The molecular weight excluding hydrogens is 537 g/mol. The van der Waals surface area contributed by atoms with Crippen molar-refractivity contribution in [3.05, 3.63) is 71.8 Å². The fraction of sp³-hybridized carbons (Fsp3) is 0.613. The van der Waals surface area contributed by atoms with Gasteiger partial charge in [0.15, 0.2) is 0 Å². The van der Waals surface area contributed by atoms with Crippen LogP contribution in [0.1, 0.15) is 49.7 Å². The molecule has 2 atom stereocenters. The maximum absolute atomic E-state index is 12.2. The molecule has 0 amide bonds. The average molecular weight is 583 g/mol. The number of fused-ring (bicyclic) bond motifs is 6. The van der Waals surface area contributed by atoms with E-state index in [1.54, 1.807) is 0 Å². The van der Waals surface area contributed by atoms with Gasteiger partial charge in [0, 0.05) is 25.7 Å². The van der Waals surface area contributed by atoms with Gasteiger partial charge < -0.3 is 14.9 Å². The molecule has 6 heterocycles. The summed E-state index contributed by atoms with van der Waals surface area (Å²) in [6.45, 7) is 9.90. The van der Waals surface area contributed by atoms with Crippen LogP contribution in [0.4, 0.5) is 0 Å². The van der Waals surface area contributed by atoms with Crippen molar-refractivity contribution in [2.45, 2.75) is 50.2 Å². The lowest BCUT2D eigenvalue weighted by Crippen LogP contribution is -2.58. The van der Waals surface area contributed by atoms with Crippen molar-refractivity contribution in [3.63, 3.8) is 0 Å². The van der Waals surface area contributed by atoms with Crippen LogP contribution in [0, 0.1) is 17.8 Å². The van der Waals surface area contributed by atoms with Gasteiger partial charge in [-0.05, 0) is 100 Å². The van der Waals surface area contributed by atoms with E-state index in [2.05, 4.69) is 63.2 Å². The van der Waals surface area contributed by atoms with Crippen LogP contribution in [0.25, 0.3) is 0 Å². The van der Waals surface area contributed by atoms with Crippen molar-refractivity contribution in [1.29, 1.82) is 0 Å². The molecule has 0 radical (unpaired) electrons. The molecule has 2 aromatic rings. The second-order valence-electron chi connectivity index (χ2n) is 11.8. The minimum absolute atomic E-state index is 0. The third-order valence-corrected chi connectivity index (χ3v) is 9.93. The van der Waals surface area contributed by atoms with Crippen LogP contribution in [0.3, 0.4) is 0 Å². The molecule has 0 spiro atoms. The number of rotatable bonds is 9. The molecule has 212 valence electrons. The summed E-state index contributed by atoms with van der Waals surface area (Å²) in [5.74, 6) is 2.63. The van der Waals surface area contributed by atoms with Gasteiger partial charge in [-0.1, -0.05) is 60.7 Å². The van der Waals surface area contributed by atoms with E-state index >= 15 is 0 Å². The van der Waals surface area contributed by atoms with Gasteiger partial charge in [0.2, 0.25) is 0 Å². The second kappa shape index (κ2) is 14.2. The highest BCUT2D eigenvalue weighted by molar-refractivity contribution is 5.86. The maximum atomic E-state index is 12.2. The fourth-order valence-electron chi connectivity index (χ4n) is 7.73. The molecule has 7 heteroatoms. The first-order valence-corrected chi connectivity index (χ1v) is 14.2. The van der Waals surface area contributed by atoms with E-state index in [9.17, 15) is 5.11 Å². The molecule has 8 rings (SSSR count). The minimum Gasteiger partial charge on any atom is -0.380 e.